The van der Waals surface area contributed by atoms with E-state index in [4.69, 9.17) is 0 Å². The van der Waals surface area contributed by atoms with Crippen molar-refractivity contribution in [1.82, 2.24) is 9.97 Å². The molecule has 1 amide bonds. The Morgan fingerprint density at radius 2 is 1.68 bits per heavy atom. The Hall–Kier alpha value is -2.61. The average Bonchev–Trinajstić information content (AvgIpc) is 3.26. The monoisotopic (exact) mass is 607 g/mol. The number of allylic oxidation sites excluding steroid dienone is 1. The first-order valence-electron chi connectivity index (χ1n) is 16.7. The molecule has 1 aromatic heterocycles. The molecular formula is C36H53N3O5. The van der Waals surface area contributed by atoms with Crippen molar-refractivity contribution in [3.63, 3.8) is 0 Å². The largest absolute Gasteiger partial charge is 0.352 e. The number of hydrogen-bond acceptors (Lipinski definition) is 7. The van der Waals surface area contributed by atoms with Crippen molar-refractivity contribution in [2.24, 2.45) is 50.7 Å². The molecule has 0 bridgehead atoms. The molecule has 0 aliphatic heterocycles. The molecule has 1 heterocycles. The van der Waals surface area contributed by atoms with Crippen molar-refractivity contribution in [2.75, 3.05) is 5.32 Å². The van der Waals surface area contributed by atoms with Gasteiger partial charge in [0.2, 0.25) is 5.91 Å². The fourth-order valence-electron chi connectivity index (χ4n) is 11.6. The van der Waals surface area contributed by atoms with Crippen LogP contribution in [0.15, 0.2) is 29.7 Å². The number of nitrogens with zero attached hydrogens (tertiary/aromatic N) is 2. The highest BCUT2D eigenvalue weighted by Gasteiger charge is 2.70. The third-order valence-corrected chi connectivity index (χ3v) is 13.5. The SMILES string of the molecule is CC(=O)Nc1cnccn1.CC(C)C1=C2[C@H]3CC[C@@H]4[C@@]5(C)CCCC(C)(C)[C@@H]5CC[C@@]4(C)[C@]3(C)CC[C@@]2(C(=O)OO)CC1=O. The van der Waals surface area contributed by atoms with Crippen LogP contribution in [0.5, 0.6) is 0 Å². The zero-order valence-corrected chi connectivity index (χ0v) is 28.1. The number of rotatable bonds is 3. The molecule has 0 aromatic carbocycles. The summed E-state index contributed by atoms with van der Waals surface area (Å²) in [5, 5.41) is 12.0. The summed E-state index contributed by atoms with van der Waals surface area (Å²) < 4.78 is 0. The molecule has 6 rings (SSSR count). The van der Waals surface area contributed by atoms with Gasteiger partial charge in [-0.05, 0) is 108 Å². The maximum absolute atomic E-state index is 13.3. The summed E-state index contributed by atoms with van der Waals surface area (Å²) in [5.41, 5.74) is 1.96. The molecule has 0 saturated heterocycles. The summed E-state index contributed by atoms with van der Waals surface area (Å²) in [7, 11) is 0. The summed E-state index contributed by atoms with van der Waals surface area (Å²) >= 11 is 0. The van der Waals surface area contributed by atoms with Crippen LogP contribution in [0, 0.1) is 50.7 Å². The number of amides is 1. The van der Waals surface area contributed by atoms with Gasteiger partial charge in [0.1, 0.15) is 5.41 Å². The molecule has 8 heteroatoms. The molecule has 5 aliphatic rings. The molecule has 4 saturated carbocycles. The van der Waals surface area contributed by atoms with Crippen LogP contribution in [0.1, 0.15) is 120 Å². The van der Waals surface area contributed by atoms with Crippen molar-refractivity contribution < 1.29 is 24.5 Å². The molecule has 7 atom stereocenters. The van der Waals surface area contributed by atoms with Crippen LogP contribution in [0.25, 0.3) is 0 Å². The van der Waals surface area contributed by atoms with E-state index in [1.807, 2.05) is 0 Å². The fraction of sp³-hybridized carbons (Fsp3) is 0.750. The molecule has 2 N–H and O–H groups in total. The zero-order valence-electron chi connectivity index (χ0n) is 28.1. The van der Waals surface area contributed by atoms with Crippen molar-refractivity contribution in [1.29, 1.82) is 0 Å². The van der Waals surface area contributed by atoms with E-state index in [2.05, 4.69) is 68.6 Å². The first kappa shape index (κ1) is 32.8. The molecule has 4 fully saturated rings. The minimum atomic E-state index is -0.952. The van der Waals surface area contributed by atoms with Gasteiger partial charge in [0, 0.05) is 25.7 Å². The summed E-state index contributed by atoms with van der Waals surface area (Å²) in [5.74, 6) is 1.57. The highest BCUT2D eigenvalue weighted by atomic mass is 17.1. The minimum Gasteiger partial charge on any atom is -0.310 e. The second-order valence-corrected chi connectivity index (χ2v) is 16.3. The van der Waals surface area contributed by atoms with Crippen molar-refractivity contribution in [3.8, 4) is 0 Å². The Labute approximate surface area is 263 Å². The van der Waals surface area contributed by atoms with E-state index >= 15 is 0 Å². The van der Waals surface area contributed by atoms with Gasteiger partial charge < -0.3 is 10.2 Å². The van der Waals surface area contributed by atoms with Gasteiger partial charge in [-0.2, -0.15) is 5.26 Å². The second-order valence-electron chi connectivity index (χ2n) is 16.3. The van der Waals surface area contributed by atoms with Gasteiger partial charge in [-0.1, -0.05) is 54.9 Å². The average molecular weight is 608 g/mol. The van der Waals surface area contributed by atoms with Gasteiger partial charge in [0.15, 0.2) is 11.6 Å². The fourth-order valence-corrected chi connectivity index (χ4v) is 11.6. The smallest absolute Gasteiger partial charge is 0.310 e. The zero-order chi connectivity index (χ0) is 32.3. The lowest BCUT2D eigenvalue weighted by Crippen LogP contribution is -2.64. The number of fused-ring (bicyclic) bond motifs is 7. The number of ketones is 1. The summed E-state index contributed by atoms with van der Waals surface area (Å²) in [6.45, 7) is 18.3. The number of anilines is 1. The molecule has 0 unspecified atom stereocenters. The van der Waals surface area contributed by atoms with Crippen LogP contribution in [0.4, 0.5) is 5.82 Å². The maximum Gasteiger partial charge on any atom is 0.352 e. The van der Waals surface area contributed by atoms with Crippen LogP contribution in [-0.4, -0.2) is 32.9 Å². The third kappa shape index (κ3) is 4.85. The minimum absolute atomic E-state index is 0.0464. The number of hydrogen-bond donors (Lipinski definition) is 2. The van der Waals surface area contributed by atoms with Crippen molar-refractivity contribution in [3.05, 3.63) is 29.7 Å². The van der Waals surface area contributed by atoms with Crippen LogP contribution >= 0.6 is 0 Å². The van der Waals surface area contributed by atoms with E-state index in [-0.39, 0.29) is 40.8 Å². The topological polar surface area (TPSA) is 118 Å². The Bertz CT molecular complexity index is 1340. The number of Topliss-reactive ketones (excluding diaryl/α,β-unsaturated/α-hetero) is 1. The van der Waals surface area contributed by atoms with E-state index in [1.165, 1.54) is 57.8 Å². The summed E-state index contributed by atoms with van der Waals surface area (Å²) in [6.07, 6.45) is 15.0. The van der Waals surface area contributed by atoms with E-state index in [1.54, 1.807) is 6.20 Å². The number of aromatic nitrogens is 2. The van der Waals surface area contributed by atoms with Gasteiger partial charge in [0.05, 0.1) is 6.20 Å². The molecule has 1 aromatic rings. The number of carbonyl (C=O) groups excluding carboxylic acids is 3. The van der Waals surface area contributed by atoms with Crippen LogP contribution in [0.3, 0.4) is 0 Å². The lowest BCUT2D eigenvalue weighted by Gasteiger charge is -2.71. The van der Waals surface area contributed by atoms with Crippen LogP contribution in [-0.2, 0) is 19.3 Å². The van der Waals surface area contributed by atoms with Gasteiger partial charge >= 0.3 is 5.97 Å². The first-order chi connectivity index (χ1) is 20.6. The summed E-state index contributed by atoms with van der Waals surface area (Å²) in [4.78, 5) is 48.8. The molecule has 8 nitrogen and oxygen atoms in total. The van der Waals surface area contributed by atoms with Crippen LogP contribution in [0.2, 0.25) is 0 Å². The van der Waals surface area contributed by atoms with Crippen LogP contribution < -0.4 is 5.32 Å². The Morgan fingerprint density at radius 1 is 0.955 bits per heavy atom. The van der Waals surface area contributed by atoms with Crippen molar-refractivity contribution in [2.45, 2.75) is 120 Å². The molecular weight excluding hydrogens is 554 g/mol. The predicted octanol–water partition coefficient (Wildman–Crippen LogP) is 7.81. The van der Waals surface area contributed by atoms with E-state index in [0.29, 0.717) is 29.0 Å². The van der Waals surface area contributed by atoms with Gasteiger partial charge in [-0.15, -0.1) is 0 Å². The maximum atomic E-state index is 13.3. The Kier molecular flexibility index (Phi) is 8.44. The molecule has 5 aliphatic carbocycles. The van der Waals surface area contributed by atoms with Gasteiger partial charge in [-0.25, -0.2) is 9.78 Å². The van der Waals surface area contributed by atoms with E-state index in [9.17, 15) is 19.6 Å². The second kappa shape index (κ2) is 11.3. The Balaban J connectivity index is 0.000000328. The number of carbonyl (C=O) groups is 3. The lowest BCUT2D eigenvalue weighted by atomic mass is 9.33. The third-order valence-electron chi connectivity index (χ3n) is 13.5. The normalized spacial score (nSPS) is 38.8. The Morgan fingerprint density at radius 3 is 2.30 bits per heavy atom. The standard InChI is InChI=1S/C30H46O4.C6H7N3O/c1-18(2)23-20(31)17-30(25(32)34-33)16-15-28(6)19(24(23)30)9-10-22-27(5)13-8-12-26(3,4)21(27)11-14-29(22,28)7;1-5(10)9-6-4-7-2-3-8-6/h18-19,21-22,33H,8-17H2,1-7H3;2-4H,1H3,(H,8,9,10)/t19-,21+,22-,27+,28-,29-,30-;/m1./s1. The van der Waals surface area contributed by atoms with E-state index < -0.39 is 11.4 Å². The predicted molar refractivity (Wildman–Crippen MR) is 169 cm³/mol. The summed E-state index contributed by atoms with van der Waals surface area (Å²) in [6, 6.07) is 0. The number of nitrogens with one attached hydrogen (secondary N) is 1. The van der Waals surface area contributed by atoms with Gasteiger partial charge in [0.25, 0.3) is 0 Å². The van der Waals surface area contributed by atoms with Crippen molar-refractivity contribution >= 4 is 23.5 Å². The highest BCUT2D eigenvalue weighted by Crippen LogP contribution is 2.76. The molecule has 44 heavy (non-hydrogen) atoms. The lowest BCUT2D eigenvalue weighted by molar-refractivity contribution is -0.250. The molecule has 0 radical (unpaired) electrons. The molecule has 0 spiro atoms. The van der Waals surface area contributed by atoms with Gasteiger partial charge in [-0.3, -0.25) is 14.6 Å². The quantitative estimate of drug-likeness (QED) is 0.266. The van der Waals surface area contributed by atoms with E-state index in [0.717, 1.165) is 29.9 Å². The first-order valence-corrected chi connectivity index (χ1v) is 16.7. The highest BCUT2D eigenvalue weighted by molar-refractivity contribution is 6.05. The molecule has 242 valence electrons.